The topological polar surface area (TPSA) is 35.6 Å². The summed E-state index contributed by atoms with van der Waals surface area (Å²) in [5.41, 5.74) is 0.707. The molecular weight excluding hydrogens is 269 g/mol. The third kappa shape index (κ3) is 3.94. The molecule has 1 aliphatic heterocycles. The molecule has 5 heteroatoms. The number of anilines is 1. The van der Waals surface area contributed by atoms with Gasteiger partial charge in [-0.1, -0.05) is 6.07 Å². The van der Waals surface area contributed by atoms with E-state index in [0.29, 0.717) is 24.3 Å². The van der Waals surface area contributed by atoms with E-state index in [-0.39, 0.29) is 11.7 Å². The number of nitrogens with zero attached hydrogens (tertiary/aromatic N) is 2. The molecule has 1 saturated heterocycles. The summed E-state index contributed by atoms with van der Waals surface area (Å²) in [6, 6.07) is 4.63. The van der Waals surface area contributed by atoms with Crippen LogP contribution in [-0.2, 0) is 0 Å². The first-order chi connectivity index (χ1) is 10.1. The smallest absolute Gasteiger partial charge is 0.255 e. The Morgan fingerprint density at radius 2 is 2.10 bits per heavy atom. The second-order valence-corrected chi connectivity index (χ2v) is 5.47. The average Bonchev–Trinajstić information content (AvgIpc) is 2.99. The monoisotopic (exact) mass is 293 g/mol. The number of rotatable bonds is 6. The van der Waals surface area contributed by atoms with Gasteiger partial charge in [0.05, 0.1) is 11.3 Å². The summed E-state index contributed by atoms with van der Waals surface area (Å²) < 4.78 is 13.9. The van der Waals surface area contributed by atoms with Gasteiger partial charge in [0.1, 0.15) is 5.82 Å². The van der Waals surface area contributed by atoms with E-state index in [2.05, 4.69) is 10.2 Å². The minimum absolute atomic E-state index is 0.135. The Labute approximate surface area is 125 Å². The van der Waals surface area contributed by atoms with Gasteiger partial charge in [0.25, 0.3) is 5.91 Å². The van der Waals surface area contributed by atoms with Crippen molar-refractivity contribution in [3.63, 3.8) is 0 Å². The van der Waals surface area contributed by atoms with Gasteiger partial charge in [-0.15, -0.1) is 0 Å². The molecule has 0 saturated carbocycles. The zero-order valence-corrected chi connectivity index (χ0v) is 12.9. The lowest BCUT2D eigenvalue weighted by Gasteiger charge is -2.22. The molecule has 0 spiro atoms. The van der Waals surface area contributed by atoms with Gasteiger partial charge >= 0.3 is 0 Å². The predicted molar refractivity (Wildman–Crippen MR) is 83.2 cm³/mol. The van der Waals surface area contributed by atoms with Crippen LogP contribution in [0.1, 0.15) is 30.1 Å². The number of carbonyl (C=O) groups is 1. The molecule has 1 aromatic carbocycles. The summed E-state index contributed by atoms with van der Waals surface area (Å²) in [4.78, 5) is 16.5. The first kappa shape index (κ1) is 15.8. The van der Waals surface area contributed by atoms with Gasteiger partial charge in [-0.2, -0.15) is 0 Å². The molecule has 1 heterocycles. The summed E-state index contributed by atoms with van der Waals surface area (Å²) in [7, 11) is 1.78. The van der Waals surface area contributed by atoms with Crippen molar-refractivity contribution < 1.29 is 9.18 Å². The van der Waals surface area contributed by atoms with Gasteiger partial charge in [-0.3, -0.25) is 4.79 Å². The lowest BCUT2D eigenvalue weighted by Crippen LogP contribution is -2.35. The molecule has 2 rings (SSSR count). The number of para-hydroxylation sites is 1. The van der Waals surface area contributed by atoms with Crippen LogP contribution >= 0.6 is 0 Å². The Balaban J connectivity index is 2.02. The van der Waals surface area contributed by atoms with Crippen LogP contribution in [0.3, 0.4) is 0 Å². The van der Waals surface area contributed by atoms with E-state index in [4.69, 9.17) is 0 Å². The molecule has 0 radical (unpaired) electrons. The molecule has 0 unspecified atom stereocenters. The highest BCUT2D eigenvalue weighted by Gasteiger charge is 2.19. The van der Waals surface area contributed by atoms with Crippen molar-refractivity contribution in [2.75, 3.05) is 45.1 Å². The number of benzene rings is 1. The summed E-state index contributed by atoms with van der Waals surface area (Å²) in [6.45, 7) is 6.25. The molecule has 0 atom stereocenters. The van der Waals surface area contributed by atoms with Gasteiger partial charge in [-0.05, 0) is 45.0 Å². The molecule has 1 fully saturated rings. The Kier molecular flexibility index (Phi) is 5.56. The number of likely N-dealkylation sites (tertiary alicyclic amines) is 1. The van der Waals surface area contributed by atoms with Crippen LogP contribution in [0.25, 0.3) is 0 Å². The fourth-order valence-electron chi connectivity index (χ4n) is 2.66. The van der Waals surface area contributed by atoms with Crippen molar-refractivity contribution in [1.29, 1.82) is 0 Å². The molecule has 116 valence electrons. The Morgan fingerprint density at radius 1 is 1.38 bits per heavy atom. The number of amides is 1. The summed E-state index contributed by atoms with van der Waals surface area (Å²) in [6.07, 6.45) is 2.48. The number of carbonyl (C=O) groups excluding carboxylic acids is 1. The van der Waals surface area contributed by atoms with Crippen molar-refractivity contribution in [3.8, 4) is 0 Å². The molecule has 1 N–H and O–H groups in total. The van der Waals surface area contributed by atoms with Crippen molar-refractivity contribution in [2.45, 2.75) is 19.8 Å². The van der Waals surface area contributed by atoms with Crippen LogP contribution in [0.5, 0.6) is 0 Å². The van der Waals surface area contributed by atoms with E-state index in [0.717, 1.165) is 19.6 Å². The third-order valence-corrected chi connectivity index (χ3v) is 3.89. The highest BCUT2D eigenvalue weighted by Crippen LogP contribution is 2.21. The summed E-state index contributed by atoms with van der Waals surface area (Å²) in [5.74, 6) is -0.514. The second kappa shape index (κ2) is 7.41. The molecule has 1 aromatic rings. The molecule has 1 aliphatic rings. The van der Waals surface area contributed by atoms with Crippen LogP contribution in [-0.4, -0.2) is 55.5 Å². The van der Waals surface area contributed by atoms with E-state index in [1.54, 1.807) is 24.1 Å². The fourth-order valence-corrected chi connectivity index (χ4v) is 2.66. The van der Waals surface area contributed by atoms with E-state index in [9.17, 15) is 9.18 Å². The molecule has 0 bridgehead atoms. The highest BCUT2D eigenvalue weighted by molar-refractivity contribution is 5.99. The average molecular weight is 293 g/mol. The van der Waals surface area contributed by atoms with Gasteiger partial charge < -0.3 is 15.1 Å². The second-order valence-electron chi connectivity index (χ2n) is 5.47. The predicted octanol–water partition coefficient (Wildman–Crippen LogP) is 2.43. The number of hydrogen-bond acceptors (Lipinski definition) is 3. The van der Waals surface area contributed by atoms with Crippen LogP contribution in [0.4, 0.5) is 10.1 Å². The van der Waals surface area contributed by atoms with Crippen LogP contribution in [0.2, 0.25) is 0 Å². The van der Waals surface area contributed by atoms with Crippen molar-refractivity contribution in [2.24, 2.45) is 0 Å². The maximum absolute atomic E-state index is 13.9. The van der Waals surface area contributed by atoms with Crippen molar-refractivity contribution >= 4 is 11.6 Å². The largest absolute Gasteiger partial charge is 0.382 e. The quantitative estimate of drug-likeness (QED) is 0.875. The van der Waals surface area contributed by atoms with E-state index >= 15 is 0 Å². The molecule has 1 amide bonds. The molecule has 4 nitrogen and oxygen atoms in total. The summed E-state index contributed by atoms with van der Waals surface area (Å²) >= 11 is 0. The number of halogens is 1. The fraction of sp³-hybridized carbons (Fsp3) is 0.562. The number of likely N-dealkylation sites (N-methyl/N-ethyl adjacent to an activating group) is 1. The third-order valence-electron chi connectivity index (χ3n) is 3.89. The van der Waals surface area contributed by atoms with E-state index < -0.39 is 0 Å². The standard InChI is InChI=1S/C16H24FN3O/c1-3-18-15-13(7-6-8-14(15)17)16(21)19(2)11-12-20-9-4-5-10-20/h6-8,18H,3-5,9-12H2,1-2H3. The zero-order chi connectivity index (χ0) is 15.2. The van der Waals surface area contributed by atoms with Gasteiger partial charge in [0.2, 0.25) is 0 Å². The Bertz CT molecular complexity index is 486. The first-order valence-electron chi connectivity index (χ1n) is 7.63. The number of hydrogen-bond donors (Lipinski definition) is 1. The van der Waals surface area contributed by atoms with Gasteiger partial charge in [-0.25, -0.2) is 4.39 Å². The summed E-state index contributed by atoms with van der Waals surface area (Å²) in [5, 5.41) is 2.94. The van der Waals surface area contributed by atoms with Crippen molar-refractivity contribution in [1.82, 2.24) is 9.80 Å². The van der Waals surface area contributed by atoms with E-state index in [1.807, 2.05) is 6.92 Å². The zero-order valence-electron chi connectivity index (χ0n) is 12.9. The SMILES string of the molecule is CCNc1c(F)cccc1C(=O)N(C)CCN1CCCC1. The Morgan fingerprint density at radius 3 is 2.76 bits per heavy atom. The van der Waals surface area contributed by atoms with Gasteiger partial charge in [0, 0.05) is 26.7 Å². The number of nitrogens with one attached hydrogen (secondary N) is 1. The van der Waals surface area contributed by atoms with Crippen LogP contribution in [0.15, 0.2) is 18.2 Å². The molecule has 21 heavy (non-hydrogen) atoms. The van der Waals surface area contributed by atoms with Crippen LogP contribution < -0.4 is 5.32 Å². The minimum atomic E-state index is -0.379. The minimum Gasteiger partial charge on any atom is -0.382 e. The molecule has 0 aliphatic carbocycles. The maximum Gasteiger partial charge on any atom is 0.255 e. The van der Waals surface area contributed by atoms with E-state index in [1.165, 1.54) is 18.9 Å². The first-order valence-corrected chi connectivity index (χ1v) is 7.63. The lowest BCUT2D eigenvalue weighted by atomic mass is 10.1. The Hall–Kier alpha value is -1.62. The van der Waals surface area contributed by atoms with Crippen molar-refractivity contribution in [3.05, 3.63) is 29.6 Å². The maximum atomic E-state index is 13.9. The molecular formula is C16H24FN3O. The highest BCUT2D eigenvalue weighted by atomic mass is 19.1. The normalized spacial score (nSPS) is 15.2. The van der Waals surface area contributed by atoms with Crippen LogP contribution in [0, 0.1) is 5.82 Å². The lowest BCUT2D eigenvalue weighted by molar-refractivity contribution is 0.0783. The van der Waals surface area contributed by atoms with Gasteiger partial charge in [0.15, 0.2) is 0 Å². The molecule has 0 aromatic heterocycles.